The Labute approximate surface area is 120 Å². The number of aromatic nitrogens is 2. The first-order valence-electron chi connectivity index (χ1n) is 6.98. The summed E-state index contributed by atoms with van der Waals surface area (Å²) in [6.07, 6.45) is 3.94. The van der Waals surface area contributed by atoms with Crippen molar-refractivity contribution < 1.29 is 9.31 Å². The van der Waals surface area contributed by atoms with Crippen molar-refractivity contribution in [3.8, 4) is 0 Å². The number of pyridine rings is 1. The van der Waals surface area contributed by atoms with Crippen LogP contribution >= 0.6 is 0 Å². The van der Waals surface area contributed by atoms with Gasteiger partial charge in [0.25, 0.3) is 0 Å². The smallest absolute Gasteiger partial charge is 0.399 e. The van der Waals surface area contributed by atoms with E-state index in [9.17, 15) is 0 Å². The van der Waals surface area contributed by atoms with Crippen molar-refractivity contribution >= 4 is 23.6 Å². The van der Waals surface area contributed by atoms with Gasteiger partial charge in [-0.05, 0) is 46.2 Å². The standard InChI is InChI=1S/C15H21BN2O2/c1-10-9-18(6)13-12(10)7-11(8-17-13)16-19-14(2,3)15(4,5)20-16/h7-9H,1-6H3. The first-order valence-corrected chi connectivity index (χ1v) is 6.98. The van der Waals surface area contributed by atoms with E-state index >= 15 is 0 Å². The van der Waals surface area contributed by atoms with Gasteiger partial charge in [-0.2, -0.15) is 0 Å². The largest absolute Gasteiger partial charge is 0.496 e. The van der Waals surface area contributed by atoms with Gasteiger partial charge in [-0.15, -0.1) is 0 Å². The number of nitrogens with zero attached hydrogens (tertiary/aromatic N) is 2. The number of fused-ring (bicyclic) bond motifs is 1. The van der Waals surface area contributed by atoms with E-state index in [0.29, 0.717) is 0 Å². The van der Waals surface area contributed by atoms with E-state index in [1.165, 1.54) is 5.56 Å². The van der Waals surface area contributed by atoms with E-state index in [2.05, 4.69) is 51.9 Å². The van der Waals surface area contributed by atoms with E-state index < -0.39 is 0 Å². The minimum atomic E-state index is -0.350. The first kappa shape index (κ1) is 13.6. The second kappa shape index (κ2) is 4.09. The highest BCUT2D eigenvalue weighted by atomic mass is 16.7. The second-order valence-electron chi connectivity index (χ2n) is 6.65. The van der Waals surface area contributed by atoms with Crippen LogP contribution in [0.25, 0.3) is 11.0 Å². The molecule has 20 heavy (non-hydrogen) atoms. The zero-order chi connectivity index (χ0) is 14.7. The maximum Gasteiger partial charge on any atom is 0.496 e. The van der Waals surface area contributed by atoms with Gasteiger partial charge in [0.1, 0.15) is 5.65 Å². The quantitative estimate of drug-likeness (QED) is 0.746. The molecular formula is C15H21BN2O2. The summed E-state index contributed by atoms with van der Waals surface area (Å²) >= 11 is 0. The lowest BCUT2D eigenvalue weighted by Gasteiger charge is -2.32. The van der Waals surface area contributed by atoms with Gasteiger partial charge in [-0.3, -0.25) is 0 Å². The highest BCUT2D eigenvalue weighted by Gasteiger charge is 2.51. The summed E-state index contributed by atoms with van der Waals surface area (Å²) in [5.74, 6) is 0. The minimum Gasteiger partial charge on any atom is -0.399 e. The van der Waals surface area contributed by atoms with Gasteiger partial charge in [-0.25, -0.2) is 4.98 Å². The van der Waals surface area contributed by atoms with E-state index in [-0.39, 0.29) is 18.3 Å². The molecule has 0 radical (unpaired) electrons. The summed E-state index contributed by atoms with van der Waals surface area (Å²) in [5.41, 5.74) is 2.54. The van der Waals surface area contributed by atoms with E-state index in [4.69, 9.17) is 9.31 Å². The zero-order valence-electron chi connectivity index (χ0n) is 13.0. The molecular weight excluding hydrogens is 251 g/mol. The molecule has 0 spiro atoms. The van der Waals surface area contributed by atoms with Crippen LogP contribution in [-0.2, 0) is 16.4 Å². The fourth-order valence-corrected chi connectivity index (χ4v) is 2.57. The number of aryl methyl sites for hydroxylation is 2. The molecule has 2 aromatic heterocycles. The molecule has 1 saturated heterocycles. The molecule has 0 aliphatic carbocycles. The zero-order valence-corrected chi connectivity index (χ0v) is 13.0. The molecule has 0 amide bonds. The van der Waals surface area contributed by atoms with Crippen LogP contribution in [0.15, 0.2) is 18.5 Å². The predicted octanol–water partition coefficient (Wildman–Crippen LogP) is 2.18. The van der Waals surface area contributed by atoms with Crippen molar-refractivity contribution in [3.05, 3.63) is 24.0 Å². The van der Waals surface area contributed by atoms with Crippen molar-refractivity contribution in [1.82, 2.24) is 9.55 Å². The van der Waals surface area contributed by atoms with E-state index in [0.717, 1.165) is 16.5 Å². The topological polar surface area (TPSA) is 36.3 Å². The number of rotatable bonds is 1. The summed E-state index contributed by atoms with van der Waals surface area (Å²) in [4.78, 5) is 4.54. The monoisotopic (exact) mass is 272 g/mol. The molecule has 5 heteroatoms. The molecule has 3 heterocycles. The Morgan fingerprint density at radius 1 is 1.15 bits per heavy atom. The van der Waals surface area contributed by atoms with Crippen molar-refractivity contribution in [2.45, 2.75) is 45.8 Å². The third-order valence-electron chi connectivity index (χ3n) is 4.56. The lowest BCUT2D eigenvalue weighted by Crippen LogP contribution is -2.41. The maximum absolute atomic E-state index is 6.08. The average Bonchev–Trinajstić information content (AvgIpc) is 2.74. The Hall–Kier alpha value is -1.33. The molecule has 0 aromatic carbocycles. The van der Waals surface area contributed by atoms with Crippen LogP contribution in [0.3, 0.4) is 0 Å². The van der Waals surface area contributed by atoms with Gasteiger partial charge in [0, 0.05) is 30.3 Å². The molecule has 1 aliphatic heterocycles. The van der Waals surface area contributed by atoms with Crippen molar-refractivity contribution in [1.29, 1.82) is 0 Å². The molecule has 0 bridgehead atoms. The van der Waals surface area contributed by atoms with Crippen molar-refractivity contribution in [2.75, 3.05) is 0 Å². The Bertz CT molecular complexity index is 660. The van der Waals surface area contributed by atoms with Crippen LogP contribution in [0.4, 0.5) is 0 Å². The SMILES string of the molecule is Cc1cn(C)c2ncc(B3OC(C)(C)C(C)(C)O3)cc12. The fraction of sp³-hybridized carbons (Fsp3) is 0.533. The van der Waals surface area contributed by atoms with Gasteiger partial charge in [0.15, 0.2) is 0 Å². The summed E-state index contributed by atoms with van der Waals surface area (Å²) < 4.78 is 14.2. The van der Waals surface area contributed by atoms with Crippen LogP contribution < -0.4 is 5.46 Å². The predicted molar refractivity (Wildman–Crippen MR) is 81.2 cm³/mol. The molecule has 0 atom stereocenters. The van der Waals surface area contributed by atoms with Crippen LogP contribution in [0, 0.1) is 6.92 Å². The summed E-state index contributed by atoms with van der Waals surface area (Å²) in [6, 6.07) is 2.12. The number of hydrogen-bond acceptors (Lipinski definition) is 3. The lowest BCUT2D eigenvalue weighted by atomic mass is 9.80. The molecule has 3 rings (SSSR count). The molecule has 106 valence electrons. The maximum atomic E-state index is 6.08. The van der Waals surface area contributed by atoms with Gasteiger partial charge in [0.05, 0.1) is 11.2 Å². The third-order valence-corrected chi connectivity index (χ3v) is 4.56. The highest BCUT2D eigenvalue weighted by Crippen LogP contribution is 2.36. The van der Waals surface area contributed by atoms with Crippen LogP contribution in [0.1, 0.15) is 33.3 Å². The average molecular weight is 272 g/mol. The molecule has 0 N–H and O–H groups in total. The van der Waals surface area contributed by atoms with E-state index in [1.54, 1.807) is 0 Å². The Balaban J connectivity index is 2.02. The molecule has 0 unspecified atom stereocenters. The molecule has 2 aromatic rings. The summed E-state index contributed by atoms with van der Waals surface area (Å²) in [6.45, 7) is 10.3. The third kappa shape index (κ3) is 1.88. The van der Waals surface area contributed by atoms with Crippen molar-refractivity contribution in [3.63, 3.8) is 0 Å². The Kier molecular flexibility index (Phi) is 2.79. The fourth-order valence-electron chi connectivity index (χ4n) is 2.57. The highest BCUT2D eigenvalue weighted by molar-refractivity contribution is 6.62. The molecule has 1 aliphatic rings. The molecule has 0 saturated carbocycles. The normalized spacial score (nSPS) is 20.8. The number of hydrogen-bond donors (Lipinski definition) is 0. The summed E-state index contributed by atoms with van der Waals surface area (Å²) in [5, 5.41) is 1.15. The Morgan fingerprint density at radius 2 is 1.75 bits per heavy atom. The van der Waals surface area contributed by atoms with E-state index in [1.807, 2.05) is 17.8 Å². The van der Waals surface area contributed by atoms with Gasteiger partial charge < -0.3 is 13.9 Å². The second-order valence-corrected chi connectivity index (χ2v) is 6.65. The Morgan fingerprint density at radius 3 is 2.35 bits per heavy atom. The lowest BCUT2D eigenvalue weighted by molar-refractivity contribution is 0.00578. The van der Waals surface area contributed by atoms with Gasteiger partial charge in [0.2, 0.25) is 0 Å². The van der Waals surface area contributed by atoms with Crippen LogP contribution in [0.2, 0.25) is 0 Å². The van der Waals surface area contributed by atoms with Gasteiger partial charge in [-0.1, -0.05) is 0 Å². The van der Waals surface area contributed by atoms with Gasteiger partial charge >= 0.3 is 7.12 Å². The van der Waals surface area contributed by atoms with Crippen LogP contribution in [0.5, 0.6) is 0 Å². The minimum absolute atomic E-state index is 0.321. The first-order chi connectivity index (χ1) is 9.21. The van der Waals surface area contributed by atoms with Crippen LogP contribution in [-0.4, -0.2) is 27.9 Å². The molecule has 4 nitrogen and oxygen atoms in total. The molecule has 1 fully saturated rings. The summed E-state index contributed by atoms with van der Waals surface area (Å²) in [7, 11) is 1.66. The van der Waals surface area contributed by atoms with Crippen molar-refractivity contribution in [2.24, 2.45) is 7.05 Å².